The number of benzene rings is 2. The lowest BCUT2D eigenvalue weighted by molar-refractivity contribution is 0.322. The van der Waals surface area contributed by atoms with Gasteiger partial charge in [0.2, 0.25) is 0 Å². The fourth-order valence-electron chi connectivity index (χ4n) is 3.53. The minimum Gasteiger partial charge on any atom is -0.306 e. The van der Waals surface area contributed by atoms with Crippen LogP contribution in [0.4, 0.5) is 0 Å². The Labute approximate surface area is 141 Å². The predicted octanol–water partition coefficient (Wildman–Crippen LogP) is 5.13. The van der Waals surface area contributed by atoms with Crippen molar-refractivity contribution in [3.8, 4) is 0 Å². The fraction of sp³-hybridized carbons (Fsp3) is 0.455. The Kier molecular flexibility index (Phi) is 5.87. The molecule has 3 rings (SSSR count). The van der Waals surface area contributed by atoms with Crippen molar-refractivity contribution < 1.29 is 0 Å². The van der Waals surface area contributed by atoms with E-state index in [1.165, 1.54) is 37.8 Å². The Balaban J connectivity index is 1.41. The molecule has 1 nitrogen and oxygen atoms in total. The minimum atomic E-state index is 0.790. The van der Waals surface area contributed by atoms with Crippen LogP contribution >= 0.6 is 0 Å². The molecular formula is C22H29N. The van der Waals surface area contributed by atoms with Crippen LogP contribution in [0.3, 0.4) is 0 Å². The average Bonchev–Trinajstić information content (AvgIpc) is 3.43. The van der Waals surface area contributed by atoms with E-state index in [1.807, 2.05) is 0 Å². The third-order valence-corrected chi connectivity index (χ3v) is 5.10. The van der Waals surface area contributed by atoms with Gasteiger partial charge in [0.25, 0.3) is 0 Å². The molecule has 0 saturated heterocycles. The van der Waals surface area contributed by atoms with Crippen molar-refractivity contribution in [1.82, 2.24) is 4.90 Å². The van der Waals surface area contributed by atoms with Crippen LogP contribution in [-0.2, 0) is 6.42 Å². The van der Waals surface area contributed by atoms with Crippen molar-refractivity contribution in [1.29, 1.82) is 0 Å². The maximum atomic E-state index is 2.49. The fourth-order valence-corrected chi connectivity index (χ4v) is 3.53. The first-order valence-electron chi connectivity index (χ1n) is 9.10. The zero-order valence-corrected chi connectivity index (χ0v) is 14.3. The molecule has 1 atom stereocenters. The summed E-state index contributed by atoms with van der Waals surface area (Å²) in [5.41, 5.74) is 3.00. The van der Waals surface area contributed by atoms with E-state index in [4.69, 9.17) is 0 Å². The monoisotopic (exact) mass is 307 g/mol. The molecule has 1 heteroatoms. The summed E-state index contributed by atoms with van der Waals surface area (Å²) in [7, 11) is 2.26. The number of likely N-dealkylation sites (N-methyl/N-ethyl adjacent to an activating group) is 1. The van der Waals surface area contributed by atoms with E-state index in [2.05, 4.69) is 72.6 Å². The second-order valence-electron chi connectivity index (χ2n) is 7.04. The van der Waals surface area contributed by atoms with Crippen LogP contribution < -0.4 is 0 Å². The molecule has 2 aromatic rings. The van der Waals surface area contributed by atoms with E-state index in [0.29, 0.717) is 0 Å². The molecule has 23 heavy (non-hydrogen) atoms. The van der Waals surface area contributed by atoms with Gasteiger partial charge in [-0.25, -0.2) is 0 Å². The van der Waals surface area contributed by atoms with E-state index in [-0.39, 0.29) is 0 Å². The van der Waals surface area contributed by atoms with Gasteiger partial charge in [-0.1, -0.05) is 60.7 Å². The summed E-state index contributed by atoms with van der Waals surface area (Å²) in [6, 6.07) is 22.0. The zero-order valence-electron chi connectivity index (χ0n) is 14.3. The van der Waals surface area contributed by atoms with Gasteiger partial charge in [0.15, 0.2) is 0 Å². The van der Waals surface area contributed by atoms with E-state index in [1.54, 1.807) is 5.56 Å². The molecule has 0 heterocycles. The van der Waals surface area contributed by atoms with E-state index in [0.717, 1.165) is 24.8 Å². The molecule has 1 fully saturated rings. The molecular weight excluding hydrogens is 278 g/mol. The first kappa shape index (κ1) is 16.3. The van der Waals surface area contributed by atoms with Crippen molar-refractivity contribution in [3.05, 3.63) is 71.8 Å². The standard InChI is InChI=1S/C22H29N/c1-23(18-16-19-9-4-2-5-10-19)17-8-13-22(21-14-15-21)20-11-6-3-7-12-20/h2-7,9-12,21-22H,8,13-18H2,1H3. The molecule has 0 spiro atoms. The first-order chi connectivity index (χ1) is 11.3. The maximum absolute atomic E-state index is 2.49. The molecule has 0 aliphatic heterocycles. The Morgan fingerprint density at radius 3 is 2.22 bits per heavy atom. The molecule has 1 aliphatic rings. The van der Waals surface area contributed by atoms with Crippen LogP contribution in [0.25, 0.3) is 0 Å². The molecule has 0 N–H and O–H groups in total. The molecule has 0 aromatic heterocycles. The number of rotatable bonds is 9. The van der Waals surface area contributed by atoms with Gasteiger partial charge in [-0.05, 0) is 68.7 Å². The number of hydrogen-bond donors (Lipinski definition) is 0. The van der Waals surface area contributed by atoms with Crippen LogP contribution in [0.5, 0.6) is 0 Å². The van der Waals surface area contributed by atoms with E-state index in [9.17, 15) is 0 Å². The Hall–Kier alpha value is -1.60. The molecule has 1 unspecified atom stereocenters. The molecule has 2 aromatic carbocycles. The van der Waals surface area contributed by atoms with E-state index >= 15 is 0 Å². The van der Waals surface area contributed by atoms with Gasteiger partial charge >= 0.3 is 0 Å². The highest BCUT2D eigenvalue weighted by atomic mass is 15.1. The number of hydrogen-bond acceptors (Lipinski definition) is 1. The minimum absolute atomic E-state index is 0.790. The second kappa shape index (κ2) is 8.31. The number of nitrogens with zero attached hydrogens (tertiary/aromatic N) is 1. The molecule has 0 bridgehead atoms. The normalized spacial score (nSPS) is 15.7. The van der Waals surface area contributed by atoms with Crippen molar-refractivity contribution in [2.24, 2.45) is 5.92 Å². The van der Waals surface area contributed by atoms with Gasteiger partial charge < -0.3 is 4.90 Å². The van der Waals surface area contributed by atoms with Crippen LogP contribution in [0, 0.1) is 5.92 Å². The predicted molar refractivity (Wildman–Crippen MR) is 98.8 cm³/mol. The summed E-state index contributed by atoms with van der Waals surface area (Å²) < 4.78 is 0. The molecule has 1 aliphatic carbocycles. The smallest absolute Gasteiger partial charge is 0.00188 e. The van der Waals surface area contributed by atoms with Gasteiger partial charge in [-0.2, -0.15) is 0 Å². The highest BCUT2D eigenvalue weighted by molar-refractivity contribution is 5.21. The quantitative estimate of drug-likeness (QED) is 0.620. The van der Waals surface area contributed by atoms with Crippen LogP contribution in [-0.4, -0.2) is 25.0 Å². The van der Waals surface area contributed by atoms with E-state index < -0.39 is 0 Å². The molecule has 1 saturated carbocycles. The van der Waals surface area contributed by atoms with Gasteiger partial charge in [-0.3, -0.25) is 0 Å². The van der Waals surface area contributed by atoms with Crippen LogP contribution in [0.1, 0.15) is 42.7 Å². The lowest BCUT2D eigenvalue weighted by Gasteiger charge is -2.20. The Morgan fingerprint density at radius 2 is 1.57 bits per heavy atom. The maximum Gasteiger partial charge on any atom is 0.00188 e. The summed E-state index contributed by atoms with van der Waals surface area (Å²) in [6.07, 6.45) is 6.67. The summed E-state index contributed by atoms with van der Waals surface area (Å²) >= 11 is 0. The largest absolute Gasteiger partial charge is 0.306 e. The highest BCUT2D eigenvalue weighted by Crippen LogP contribution is 2.44. The third kappa shape index (κ3) is 5.21. The first-order valence-corrected chi connectivity index (χ1v) is 9.10. The average molecular weight is 307 g/mol. The van der Waals surface area contributed by atoms with Gasteiger partial charge in [0.1, 0.15) is 0 Å². The second-order valence-corrected chi connectivity index (χ2v) is 7.04. The van der Waals surface area contributed by atoms with Gasteiger partial charge in [-0.15, -0.1) is 0 Å². The van der Waals surface area contributed by atoms with Gasteiger partial charge in [0, 0.05) is 6.54 Å². The van der Waals surface area contributed by atoms with Gasteiger partial charge in [0.05, 0.1) is 0 Å². The van der Waals surface area contributed by atoms with Crippen molar-refractivity contribution >= 4 is 0 Å². The Morgan fingerprint density at radius 1 is 0.913 bits per heavy atom. The summed E-state index contributed by atoms with van der Waals surface area (Å²) in [4.78, 5) is 2.49. The lowest BCUT2D eigenvalue weighted by Crippen LogP contribution is -2.23. The topological polar surface area (TPSA) is 3.24 Å². The lowest BCUT2D eigenvalue weighted by atomic mass is 9.90. The van der Waals surface area contributed by atoms with Crippen LogP contribution in [0.15, 0.2) is 60.7 Å². The van der Waals surface area contributed by atoms with Crippen molar-refractivity contribution in [2.75, 3.05) is 20.1 Å². The third-order valence-electron chi connectivity index (χ3n) is 5.10. The molecule has 122 valence electrons. The summed E-state index contributed by atoms with van der Waals surface area (Å²) in [5, 5.41) is 0. The Bertz CT molecular complexity index is 559. The summed E-state index contributed by atoms with van der Waals surface area (Å²) in [5.74, 6) is 1.74. The van der Waals surface area contributed by atoms with Crippen LogP contribution in [0.2, 0.25) is 0 Å². The van der Waals surface area contributed by atoms with Crippen molar-refractivity contribution in [3.63, 3.8) is 0 Å². The zero-order chi connectivity index (χ0) is 15.9. The highest BCUT2D eigenvalue weighted by Gasteiger charge is 2.31. The SMILES string of the molecule is CN(CCCC(c1ccccc1)C1CC1)CCc1ccccc1. The summed E-state index contributed by atoms with van der Waals surface area (Å²) in [6.45, 7) is 2.37. The van der Waals surface area contributed by atoms with Crippen molar-refractivity contribution in [2.45, 2.75) is 38.0 Å². The molecule has 0 amide bonds. The molecule has 0 radical (unpaired) electrons.